The molecule has 1 N–H and O–H groups in total. The number of hydrogen-bond acceptors (Lipinski definition) is 3. The Balaban J connectivity index is 1.76. The summed E-state index contributed by atoms with van der Waals surface area (Å²) >= 11 is 0. The van der Waals surface area contributed by atoms with Crippen molar-refractivity contribution in [3.8, 4) is 0 Å². The summed E-state index contributed by atoms with van der Waals surface area (Å²) in [5, 5.41) is 9.10. The molecule has 2 heterocycles. The largest absolute Gasteiger partial charge is 0.478 e. The second-order valence-electron chi connectivity index (χ2n) is 5.94. The van der Waals surface area contributed by atoms with Crippen molar-refractivity contribution >= 4 is 11.7 Å². The van der Waals surface area contributed by atoms with Gasteiger partial charge in [-0.15, -0.1) is 0 Å². The molecule has 2 aliphatic heterocycles. The van der Waals surface area contributed by atoms with Crippen molar-refractivity contribution in [3.63, 3.8) is 0 Å². The van der Waals surface area contributed by atoms with Gasteiger partial charge in [-0.2, -0.15) is 0 Å². The van der Waals surface area contributed by atoms with E-state index < -0.39 is 5.97 Å². The van der Waals surface area contributed by atoms with Crippen LogP contribution in [0.15, 0.2) is 18.2 Å². The van der Waals surface area contributed by atoms with Crippen molar-refractivity contribution < 1.29 is 9.90 Å². The van der Waals surface area contributed by atoms with Crippen LogP contribution in [0.1, 0.15) is 35.2 Å². The highest BCUT2D eigenvalue weighted by Crippen LogP contribution is 2.26. The normalized spacial score (nSPS) is 23.4. The highest BCUT2D eigenvalue weighted by atomic mass is 16.4. The Bertz CT molecular complexity index is 515. The average Bonchev–Trinajstić information content (AvgIpc) is 2.46. The lowest BCUT2D eigenvalue weighted by molar-refractivity contribution is 0.0696. The zero-order valence-corrected chi connectivity index (χ0v) is 12.0. The average molecular weight is 274 g/mol. The zero-order chi connectivity index (χ0) is 14.1. The molecule has 4 nitrogen and oxygen atoms in total. The number of carbonyl (C=O) groups is 1. The van der Waals surface area contributed by atoms with Crippen LogP contribution in [0.3, 0.4) is 0 Å². The smallest absolute Gasteiger partial charge is 0.335 e. The molecule has 2 aliphatic rings. The zero-order valence-electron chi connectivity index (χ0n) is 12.0. The molecule has 0 radical (unpaired) electrons. The molecule has 3 rings (SSSR count). The van der Waals surface area contributed by atoms with E-state index in [1.54, 1.807) is 6.07 Å². The first-order valence-electron chi connectivity index (χ1n) is 7.48. The van der Waals surface area contributed by atoms with Crippen LogP contribution in [-0.2, 0) is 0 Å². The maximum absolute atomic E-state index is 11.1. The molecular formula is C16H22N2O2. The van der Waals surface area contributed by atoms with Gasteiger partial charge in [-0.3, -0.25) is 4.90 Å². The first-order chi connectivity index (χ1) is 9.65. The highest BCUT2D eigenvalue weighted by Gasteiger charge is 2.29. The van der Waals surface area contributed by atoms with Gasteiger partial charge in [-0.1, -0.05) is 6.42 Å². The summed E-state index contributed by atoms with van der Waals surface area (Å²) in [6.07, 6.45) is 3.97. The van der Waals surface area contributed by atoms with Crippen LogP contribution in [0.25, 0.3) is 0 Å². The van der Waals surface area contributed by atoms with Crippen LogP contribution in [0.2, 0.25) is 0 Å². The van der Waals surface area contributed by atoms with Crippen molar-refractivity contribution in [3.05, 3.63) is 29.3 Å². The molecule has 0 amide bonds. The standard InChI is InChI=1S/C16H22N2O2/c1-12-10-13(5-6-15(12)16(19)20)18-9-8-17-7-3-2-4-14(17)11-18/h5-6,10,14H,2-4,7-9,11H2,1H3,(H,19,20). The van der Waals surface area contributed by atoms with Crippen molar-refractivity contribution in [2.45, 2.75) is 32.2 Å². The first-order valence-corrected chi connectivity index (χ1v) is 7.48. The quantitative estimate of drug-likeness (QED) is 0.899. The van der Waals surface area contributed by atoms with E-state index in [1.807, 2.05) is 19.1 Å². The van der Waals surface area contributed by atoms with E-state index in [2.05, 4.69) is 9.80 Å². The number of carboxylic acid groups (broad SMARTS) is 1. The summed E-state index contributed by atoms with van der Waals surface area (Å²) in [5.41, 5.74) is 2.42. The maximum Gasteiger partial charge on any atom is 0.335 e. The summed E-state index contributed by atoms with van der Waals surface area (Å²) in [6, 6.07) is 6.38. The fourth-order valence-electron chi connectivity index (χ4n) is 3.47. The van der Waals surface area contributed by atoms with E-state index >= 15 is 0 Å². The SMILES string of the molecule is Cc1cc(N2CCN3CCCCC3C2)ccc1C(=O)O. The van der Waals surface area contributed by atoms with E-state index in [-0.39, 0.29) is 0 Å². The van der Waals surface area contributed by atoms with Crippen LogP contribution < -0.4 is 4.90 Å². The second kappa shape index (κ2) is 5.44. The summed E-state index contributed by atoms with van der Waals surface area (Å²) in [5.74, 6) is -0.842. The van der Waals surface area contributed by atoms with Crippen LogP contribution >= 0.6 is 0 Å². The molecule has 0 spiro atoms. The third-order valence-electron chi connectivity index (χ3n) is 4.64. The predicted molar refractivity (Wildman–Crippen MR) is 79.6 cm³/mol. The Morgan fingerprint density at radius 3 is 2.85 bits per heavy atom. The van der Waals surface area contributed by atoms with E-state index in [0.717, 1.165) is 30.9 Å². The summed E-state index contributed by atoms with van der Waals surface area (Å²) in [4.78, 5) is 16.1. The van der Waals surface area contributed by atoms with Crippen molar-refractivity contribution in [1.82, 2.24) is 4.90 Å². The van der Waals surface area contributed by atoms with E-state index in [1.165, 1.54) is 25.8 Å². The summed E-state index contributed by atoms with van der Waals surface area (Å²) in [7, 11) is 0. The minimum atomic E-state index is -0.842. The van der Waals surface area contributed by atoms with Crippen LogP contribution in [0.5, 0.6) is 0 Å². The summed E-state index contributed by atoms with van der Waals surface area (Å²) < 4.78 is 0. The van der Waals surface area contributed by atoms with Gasteiger partial charge >= 0.3 is 5.97 Å². The van der Waals surface area contributed by atoms with Gasteiger partial charge in [-0.25, -0.2) is 4.79 Å². The monoisotopic (exact) mass is 274 g/mol. The Morgan fingerprint density at radius 1 is 1.25 bits per heavy atom. The molecule has 2 fully saturated rings. The van der Waals surface area contributed by atoms with Gasteiger partial charge in [0.2, 0.25) is 0 Å². The molecule has 20 heavy (non-hydrogen) atoms. The molecule has 1 unspecified atom stereocenters. The predicted octanol–water partition coefficient (Wildman–Crippen LogP) is 2.37. The highest BCUT2D eigenvalue weighted by molar-refractivity contribution is 5.89. The third-order valence-corrected chi connectivity index (χ3v) is 4.64. The number of hydrogen-bond donors (Lipinski definition) is 1. The van der Waals surface area contributed by atoms with Crippen molar-refractivity contribution in [2.24, 2.45) is 0 Å². The Labute approximate surface area is 120 Å². The number of benzene rings is 1. The van der Waals surface area contributed by atoms with Gasteiger partial charge in [0.15, 0.2) is 0 Å². The Kier molecular flexibility index (Phi) is 3.66. The number of carboxylic acids is 1. The van der Waals surface area contributed by atoms with Crippen molar-refractivity contribution in [2.75, 3.05) is 31.1 Å². The third kappa shape index (κ3) is 2.52. The molecule has 108 valence electrons. The fraction of sp³-hybridized carbons (Fsp3) is 0.562. The Hall–Kier alpha value is -1.55. The molecule has 0 bridgehead atoms. The number of piperazine rings is 1. The number of nitrogens with zero attached hydrogens (tertiary/aromatic N) is 2. The lowest BCUT2D eigenvalue weighted by atomic mass is 9.98. The fourth-order valence-corrected chi connectivity index (χ4v) is 3.47. The molecule has 0 aliphatic carbocycles. The Morgan fingerprint density at radius 2 is 2.10 bits per heavy atom. The van der Waals surface area contributed by atoms with Gasteiger partial charge in [-0.05, 0) is 50.1 Å². The lowest BCUT2D eigenvalue weighted by Crippen LogP contribution is -2.54. The number of rotatable bonds is 2. The van der Waals surface area contributed by atoms with Crippen LogP contribution in [0, 0.1) is 6.92 Å². The molecule has 0 saturated carbocycles. The van der Waals surface area contributed by atoms with Gasteiger partial charge in [0.25, 0.3) is 0 Å². The topological polar surface area (TPSA) is 43.8 Å². The molecule has 2 saturated heterocycles. The van der Waals surface area contributed by atoms with E-state index in [4.69, 9.17) is 5.11 Å². The first kappa shape index (κ1) is 13.4. The van der Waals surface area contributed by atoms with Gasteiger partial charge in [0, 0.05) is 31.4 Å². The second-order valence-corrected chi connectivity index (χ2v) is 5.94. The van der Waals surface area contributed by atoms with E-state index in [9.17, 15) is 4.79 Å². The van der Waals surface area contributed by atoms with Gasteiger partial charge < -0.3 is 10.0 Å². The molecule has 1 atom stereocenters. The summed E-state index contributed by atoms with van der Waals surface area (Å²) in [6.45, 7) is 6.37. The van der Waals surface area contributed by atoms with Crippen molar-refractivity contribution in [1.29, 1.82) is 0 Å². The minimum Gasteiger partial charge on any atom is -0.478 e. The lowest BCUT2D eigenvalue weighted by Gasteiger charge is -2.45. The minimum absolute atomic E-state index is 0.407. The number of aromatic carboxylic acids is 1. The number of aryl methyl sites for hydroxylation is 1. The van der Waals surface area contributed by atoms with Crippen LogP contribution in [0.4, 0.5) is 5.69 Å². The van der Waals surface area contributed by atoms with Gasteiger partial charge in [0.05, 0.1) is 5.56 Å². The molecule has 1 aromatic rings. The van der Waals surface area contributed by atoms with Gasteiger partial charge in [0.1, 0.15) is 0 Å². The number of fused-ring (bicyclic) bond motifs is 1. The van der Waals surface area contributed by atoms with E-state index in [0.29, 0.717) is 11.6 Å². The molecule has 1 aromatic carbocycles. The number of anilines is 1. The van der Waals surface area contributed by atoms with Crippen LogP contribution in [-0.4, -0.2) is 48.2 Å². The molecule has 0 aromatic heterocycles. The molecular weight excluding hydrogens is 252 g/mol. The molecule has 4 heteroatoms. The maximum atomic E-state index is 11.1. The number of piperidine rings is 1.